The van der Waals surface area contributed by atoms with Gasteiger partial charge in [0.15, 0.2) is 0 Å². The van der Waals surface area contributed by atoms with Crippen molar-refractivity contribution < 1.29 is 48.9 Å². The van der Waals surface area contributed by atoms with Crippen molar-refractivity contribution in [3.05, 3.63) is 0 Å². The summed E-state index contributed by atoms with van der Waals surface area (Å²) in [7, 11) is 0. The van der Waals surface area contributed by atoms with Gasteiger partial charge in [-0.2, -0.15) is 4.21 Å². The van der Waals surface area contributed by atoms with E-state index < -0.39 is 11.4 Å². The summed E-state index contributed by atoms with van der Waals surface area (Å²) in [5.41, 5.74) is 0. The van der Waals surface area contributed by atoms with Gasteiger partial charge >= 0.3 is 0 Å². The fourth-order valence-corrected chi connectivity index (χ4v) is 0. The summed E-state index contributed by atoms with van der Waals surface area (Å²) in [4.78, 5) is 0. The van der Waals surface area contributed by atoms with E-state index in [0.29, 0.717) is 0 Å². The Morgan fingerprint density at radius 3 is 1.40 bits per heavy atom. The van der Waals surface area contributed by atoms with E-state index in [0.717, 1.165) is 0 Å². The van der Waals surface area contributed by atoms with Crippen molar-refractivity contribution in [1.82, 2.24) is 0 Å². The van der Waals surface area contributed by atoms with E-state index in [1.807, 2.05) is 0 Å². The van der Waals surface area contributed by atoms with Crippen LogP contribution < -0.4 is 0 Å². The maximum absolute atomic E-state index is 8.67. The predicted molar refractivity (Wildman–Crippen MR) is 13.4 cm³/mol. The summed E-state index contributed by atoms with van der Waals surface area (Å²) < 4.78 is 22.8. The molecule has 1 radical (unpaired) electrons. The minimum Gasteiger partial charge on any atom is -0.284 e. The van der Waals surface area contributed by atoms with Gasteiger partial charge in [-0.05, 0) is 0 Å². The summed E-state index contributed by atoms with van der Waals surface area (Å²) in [6, 6.07) is 0. The quantitative estimate of drug-likeness (QED) is 0.551. The molecule has 0 saturated heterocycles. The average Bonchev–Trinajstić information content (AvgIpc) is 0.811. The Labute approximate surface area is 59.9 Å². The van der Waals surface area contributed by atoms with Crippen molar-refractivity contribution in [3.8, 4) is 0 Å². The molecule has 2 N–H and O–H groups in total. The van der Waals surface area contributed by atoms with Crippen LogP contribution in [0.4, 0.5) is 0 Å². The van der Waals surface area contributed by atoms with Crippen molar-refractivity contribution >= 4 is 11.4 Å². The Balaban J connectivity index is 0. The van der Waals surface area contributed by atoms with Crippen LogP contribution in [0.2, 0.25) is 0 Å². The summed E-state index contributed by atoms with van der Waals surface area (Å²) in [5.74, 6) is 0. The normalized spacial score (nSPS) is 7.00. The standard InChI is InChI=1S/La.H2O3S/c;1-4(2)3/h;(H2,1,2,3). The fraction of sp³-hybridized carbons (Fsp3) is 0. The molecule has 0 bridgehead atoms. The first-order valence-corrected chi connectivity index (χ1v) is 1.60. The molecule has 5 heavy (non-hydrogen) atoms. The van der Waals surface area contributed by atoms with Crippen molar-refractivity contribution in [2.45, 2.75) is 0 Å². The smallest absolute Gasteiger partial charge is 0.284 e. The van der Waals surface area contributed by atoms with E-state index in [1.165, 1.54) is 0 Å². The van der Waals surface area contributed by atoms with Crippen LogP contribution in [0.1, 0.15) is 0 Å². The van der Waals surface area contributed by atoms with E-state index in [-0.39, 0.29) is 35.6 Å². The van der Waals surface area contributed by atoms with Crippen LogP contribution in [0.15, 0.2) is 0 Å². The summed E-state index contributed by atoms with van der Waals surface area (Å²) in [6.45, 7) is 0. The minimum atomic E-state index is -2.61. The van der Waals surface area contributed by atoms with Crippen LogP contribution in [0, 0.1) is 35.6 Å². The number of hydrogen-bond acceptors (Lipinski definition) is 1. The van der Waals surface area contributed by atoms with Gasteiger partial charge < -0.3 is 0 Å². The molecule has 5 heteroatoms. The van der Waals surface area contributed by atoms with Crippen molar-refractivity contribution in [2.75, 3.05) is 0 Å². The Bertz CT molecular complexity index is 29.9. The van der Waals surface area contributed by atoms with E-state index >= 15 is 0 Å². The molecule has 0 aliphatic heterocycles. The minimum absolute atomic E-state index is 0. The van der Waals surface area contributed by atoms with Crippen LogP contribution in [-0.4, -0.2) is 13.3 Å². The van der Waals surface area contributed by atoms with E-state index in [1.54, 1.807) is 0 Å². The average molecular weight is 221 g/mol. The van der Waals surface area contributed by atoms with Crippen LogP contribution in [0.25, 0.3) is 0 Å². The zero-order valence-electron chi connectivity index (χ0n) is 2.29. The first kappa shape index (κ1) is 9.55. The van der Waals surface area contributed by atoms with Crippen molar-refractivity contribution in [3.63, 3.8) is 0 Å². The van der Waals surface area contributed by atoms with Gasteiger partial charge in [0, 0.05) is 35.6 Å². The van der Waals surface area contributed by atoms with Gasteiger partial charge in [-0.1, -0.05) is 0 Å². The summed E-state index contributed by atoms with van der Waals surface area (Å²) in [6.07, 6.45) is 0. The zero-order chi connectivity index (χ0) is 3.58. The number of hydrogen-bond donors (Lipinski definition) is 2. The maximum Gasteiger partial charge on any atom is 0.299 e. The van der Waals surface area contributed by atoms with Gasteiger partial charge in [0.2, 0.25) is 0 Å². The molecule has 0 aliphatic rings. The molecule has 0 unspecified atom stereocenters. The molecule has 0 atom stereocenters. The largest absolute Gasteiger partial charge is 0.299 e. The Kier molecular flexibility index (Phi) is 10.1. The van der Waals surface area contributed by atoms with E-state index in [9.17, 15) is 0 Å². The number of rotatable bonds is 0. The van der Waals surface area contributed by atoms with Crippen LogP contribution >= 0.6 is 0 Å². The van der Waals surface area contributed by atoms with Crippen molar-refractivity contribution in [2.24, 2.45) is 0 Å². The molecule has 0 fully saturated rings. The van der Waals surface area contributed by atoms with Gasteiger partial charge in [-0.25, -0.2) is 0 Å². The van der Waals surface area contributed by atoms with Gasteiger partial charge in [0.05, 0.1) is 0 Å². The molecule has 29 valence electrons. The Hall–Kier alpha value is 1.26. The summed E-state index contributed by atoms with van der Waals surface area (Å²) in [5, 5.41) is 0. The van der Waals surface area contributed by atoms with Gasteiger partial charge in [0.25, 0.3) is 11.4 Å². The molecule has 0 saturated carbocycles. The van der Waals surface area contributed by atoms with E-state index in [2.05, 4.69) is 0 Å². The second kappa shape index (κ2) is 5.26. The van der Waals surface area contributed by atoms with Gasteiger partial charge in [0.1, 0.15) is 0 Å². The SMILES string of the molecule is O=S(O)O.[La]. The predicted octanol–water partition coefficient (Wildman–Crippen LogP) is -0.319. The molecular formula is H2LaO3S. The Morgan fingerprint density at radius 1 is 1.40 bits per heavy atom. The second-order valence-corrected chi connectivity index (χ2v) is 0.692. The van der Waals surface area contributed by atoms with Gasteiger partial charge in [-0.3, -0.25) is 9.11 Å². The monoisotopic (exact) mass is 221 g/mol. The molecule has 0 aromatic carbocycles. The first-order valence-electron chi connectivity index (χ1n) is 0.532. The zero-order valence-corrected chi connectivity index (χ0v) is 6.73. The van der Waals surface area contributed by atoms with Crippen molar-refractivity contribution in [1.29, 1.82) is 0 Å². The van der Waals surface area contributed by atoms with E-state index in [4.69, 9.17) is 13.3 Å². The molecule has 0 spiro atoms. The molecule has 0 aromatic rings. The fourth-order valence-electron chi connectivity index (χ4n) is 0. The summed E-state index contributed by atoms with van der Waals surface area (Å²) >= 11 is -2.61. The van der Waals surface area contributed by atoms with Crippen LogP contribution in [-0.2, 0) is 11.4 Å². The maximum atomic E-state index is 8.67. The molecular weight excluding hydrogens is 219 g/mol. The molecule has 0 aromatic heterocycles. The molecule has 0 amide bonds. The van der Waals surface area contributed by atoms with Crippen LogP contribution in [0.5, 0.6) is 0 Å². The Morgan fingerprint density at radius 2 is 1.40 bits per heavy atom. The second-order valence-electron chi connectivity index (χ2n) is 0.231. The molecule has 0 aliphatic carbocycles. The topological polar surface area (TPSA) is 57.5 Å². The first-order chi connectivity index (χ1) is 1.73. The van der Waals surface area contributed by atoms with Gasteiger partial charge in [-0.15, -0.1) is 0 Å². The van der Waals surface area contributed by atoms with Crippen LogP contribution in [0.3, 0.4) is 0 Å². The third-order valence-corrected chi connectivity index (χ3v) is 0. The third-order valence-electron chi connectivity index (χ3n) is 0. The third kappa shape index (κ3) is 35.1. The molecule has 3 nitrogen and oxygen atoms in total. The molecule has 0 heterocycles. The molecule has 0 rings (SSSR count).